The van der Waals surface area contributed by atoms with Gasteiger partial charge >= 0.3 is 5.97 Å². The maximum Gasteiger partial charge on any atom is 0.330 e. The van der Waals surface area contributed by atoms with E-state index in [-0.39, 0.29) is 5.97 Å². The van der Waals surface area contributed by atoms with Crippen molar-refractivity contribution in [2.45, 2.75) is 26.3 Å². The predicted molar refractivity (Wildman–Crippen MR) is 99.2 cm³/mol. The maximum absolute atomic E-state index is 11.7. The Morgan fingerprint density at radius 1 is 1.21 bits per heavy atom. The number of hydrogen-bond donors (Lipinski definition) is 0. The Labute approximate surface area is 150 Å². The molecule has 0 amide bonds. The van der Waals surface area contributed by atoms with Crippen molar-refractivity contribution >= 4 is 23.6 Å². The minimum Gasteiger partial charge on any atom is -0.462 e. The third-order valence-corrected chi connectivity index (χ3v) is 4.53. The second-order valence-corrected chi connectivity index (χ2v) is 6.81. The van der Waals surface area contributed by atoms with Crippen molar-refractivity contribution in [1.29, 1.82) is 0 Å². The van der Waals surface area contributed by atoms with Crippen LogP contribution in [0.5, 0.6) is 0 Å². The first-order valence-electron chi connectivity index (χ1n) is 8.61. The van der Waals surface area contributed by atoms with Gasteiger partial charge in [-0.05, 0) is 44.0 Å². The minimum absolute atomic E-state index is 0.297. The molecule has 0 spiro atoms. The molecule has 1 heterocycles. The fourth-order valence-electron chi connectivity index (χ4n) is 2.75. The molecule has 24 heavy (non-hydrogen) atoms. The van der Waals surface area contributed by atoms with E-state index in [1.165, 1.54) is 6.08 Å². The highest BCUT2D eigenvalue weighted by atomic mass is 35.5. The van der Waals surface area contributed by atoms with Crippen molar-refractivity contribution in [3.05, 3.63) is 40.9 Å². The summed E-state index contributed by atoms with van der Waals surface area (Å²) in [6.07, 6.45) is 4.08. The molecule has 1 aliphatic rings. The molecule has 0 atom stereocenters. The average molecular weight is 351 g/mol. The molecule has 0 aromatic heterocycles. The Kier molecular flexibility index (Phi) is 7.76. The number of halogens is 1. The Morgan fingerprint density at radius 2 is 1.88 bits per heavy atom. The van der Waals surface area contributed by atoms with Gasteiger partial charge in [0, 0.05) is 49.9 Å². The van der Waals surface area contributed by atoms with Crippen LogP contribution in [0.1, 0.15) is 25.8 Å². The van der Waals surface area contributed by atoms with Gasteiger partial charge in [0.1, 0.15) is 0 Å². The lowest BCUT2D eigenvalue weighted by Crippen LogP contribution is -2.49. The van der Waals surface area contributed by atoms with Crippen LogP contribution in [0.3, 0.4) is 0 Å². The number of rotatable bonds is 7. The molecule has 132 valence electrons. The first kappa shape index (κ1) is 19.0. The van der Waals surface area contributed by atoms with E-state index < -0.39 is 0 Å². The summed E-state index contributed by atoms with van der Waals surface area (Å²) in [5, 5.41) is 0.684. The molecule has 2 rings (SSSR count). The number of carbonyl (C=O) groups excluding carboxylic acids is 1. The summed E-state index contributed by atoms with van der Waals surface area (Å²) in [5.41, 5.74) is 0.930. The molecule has 1 aliphatic heterocycles. The maximum atomic E-state index is 11.7. The van der Waals surface area contributed by atoms with E-state index in [1.54, 1.807) is 18.2 Å². The van der Waals surface area contributed by atoms with Crippen molar-refractivity contribution < 1.29 is 9.53 Å². The van der Waals surface area contributed by atoms with Gasteiger partial charge in [-0.15, -0.1) is 0 Å². The van der Waals surface area contributed by atoms with E-state index in [2.05, 4.69) is 23.6 Å². The number of ether oxygens (including phenoxy) is 1. The first-order chi connectivity index (χ1) is 11.5. The van der Waals surface area contributed by atoms with Gasteiger partial charge in [0.25, 0.3) is 0 Å². The average Bonchev–Trinajstić information content (AvgIpc) is 2.58. The number of piperazine rings is 1. The van der Waals surface area contributed by atoms with Gasteiger partial charge < -0.3 is 9.64 Å². The highest BCUT2D eigenvalue weighted by molar-refractivity contribution is 6.30. The monoisotopic (exact) mass is 350 g/mol. The summed E-state index contributed by atoms with van der Waals surface area (Å²) in [4.78, 5) is 16.6. The van der Waals surface area contributed by atoms with Gasteiger partial charge in [0.05, 0.1) is 6.61 Å². The van der Waals surface area contributed by atoms with Crippen LogP contribution in [-0.2, 0) is 9.53 Å². The van der Waals surface area contributed by atoms with Crippen LogP contribution in [0.2, 0.25) is 5.02 Å². The lowest BCUT2D eigenvalue weighted by Gasteiger charge is -2.36. The number of esters is 1. The number of hydrogen-bond acceptors (Lipinski definition) is 4. The summed E-state index contributed by atoms with van der Waals surface area (Å²) in [6.45, 7) is 10.4. The Hall–Kier alpha value is -1.36. The topological polar surface area (TPSA) is 32.8 Å². The van der Waals surface area contributed by atoms with Crippen molar-refractivity contribution in [3.63, 3.8) is 0 Å². The van der Waals surface area contributed by atoms with Crippen LogP contribution in [0.15, 0.2) is 30.3 Å². The molecule has 0 aliphatic carbocycles. The number of carbonyl (C=O) groups is 1. The minimum atomic E-state index is -0.297. The Morgan fingerprint density at radius 3 is 2.50 bits per heavy atom. The highest BCUT2D eigenvalue weighted by Gasteiger charge is 2.18. The molecule has 0 radical (unpaired) electrons. The molecule has 0 N–H and O–H groups in total. The van der Waals surface area contributed by atoms with E-state index in [0.29, 0.717) is 17.7 Å². The zero-order valence-corrected chi connectivity index (χ0v) is 15.3. The fraction of sp³-hybridized carbons (Fsp3) is 0.526. The van der Waals surface area contributed by atoms with E-state index in [1.807, 2.05) is 12.1 Å². The van der Waals surface area contributed by atoms with Crippen LogP contribution in [0.4, 0.5) is 0 Å². The molecule has 1 aromatic rings. The first-order valence-corrected chi connectivity index (χ1v) is 8.99. The van der Waals surface area contributed by atoms with Crippen molar-refractivity contribution in [2.75, 3.05) is 39.3 Å². The predicted octanol–water partition coefficient (Wildman–Crippen LogP) is 3.31. The second kappa shape index (κ2) is 9.82. The van der Waals surface area contributed by atoms with Crippen LogP contribution in [0.25, 0.3) is 6.08 Å². The van der Waals surface area contributed by atoms with Crippen molar-refractivity contribution in [2.24, 2.45) is 0 Å². The summed E-state index contributed by atoms with van der Waals surface area (Å²) in [6, 6.07) is 7.95. The Balaban J connectivity index is 1.59. The quantitative estimate of drug-likeness (QED) is 0.429. The highest BCUT2D eigenvalue weighted by Crippen LogP contribution is 2.10. The fourth-order valence-corrected chi connectivity index (χ4v) is 2.88. The molecule has 4 nitrogen and oxygen atoms in total. The summed E-state index contributed by atoms with van der Waals surface area (Å²) >= 11 is 5.82. The van der Waals surface area contributed by atoms with E-state index in [0.717, 1.165) is 44.7 Å². The Bertz CT molecular complexity index is 535. The van der Waals surface area contributed by atoms with Gasteiger partial charge in [0.2, 0.25) is 0 Å². The largest absolute Gasteiger partial charge is 0.462 e. The third kappa shape index (κ3) is 6.63. The summed E-state index contributed by atoms with van der Waals surface area (Å²) < 4.78 is 5.25. The van der Waals surface area contributed by atoms with Gasteiger partial charge in [-0.25, -0.2) is 4.79 Å². The summed E-state index contributed by atoms with van der Waals surface area (Å²) in [5.74, 6) is -0.297. The van der Waals surface area contributed by atoms with Gasteiger partial charge in [-0.2, -0.15) is 0 Å². The molecule has 5 heteroatoms. The smallest absolute Gasteiger partial charge is 0.330 e. The van der Waals surface area contributed by atoms with Crippen molar-refractivity contribution in [1.82, 2.24) is 9.80 Å². The molecule has 1 saturated heterocycles. The van der Waals surface area contributed by atoms with Gasteiger partial charge in [0.15, 0.2) is 0 Å². The van der Waals surface area contributed by atoms with Gasteiger partial charge in [-0.3, -0.25) is 4.90 Å². The third-order valence-electron chi connectivity index (χ3n) is 4.28. The van der Waals surface area contributed by atoms with Crippen LogP contribution in [-0.4, -0.2) is 61.1 Å². The molecular formula is C19H27ClN2O2. The molecular weight excluding hydrogens is 324 g/mol. The lowest BCUT2D eigenvalue weighted by molar-refractivity contribution is -0.137. The molecule has 0 saturated carbocycles. The second-order valence-electron chi connectivity index (χ2n) is 6.38. The van der Waals surface area contributed by atoms with Crippen molar-refractivity contribution in [3.8, 4) is 0 Å². The van der Waals surface area contributed by atoms with E-state index in [9.17, 15) is 4.79 Å². The lowest BCUT2D eigenvalue weighted by atomic mass is 10.2. The number of nitrogens with zero attached hydrogens (tertiary/aromatic N) is 2. The number of benzene rings is 1. The van der Waals surface area contributed by atoms with Crippen LogP contribution in [0, 0.1) is 0 Å². The normalized spacial score (nSPS) is 16.8. The van der Waals surface area contributed by atoms with Crippen LogP contribution < -0.4 is 0 Å². The molecule has 0 bridgehead atoms. The van der Waals surface area contributed by atoms with E-state index in [4.69, 9.17) is 16.3 Å². The zero-order valence-electron chi connectivity index (χ0n) is 14.6. The molecule has 1 aromatic carbocycles. The molecule has 1 fully saturated rings. The standard InChI is InChI=1S/C19H27ClN2O2/c1-16(2)22-13-11-21(12-14-22)10-3-15-24-19(23)9-6-17-4-7-18(20)8-5-17/h4-9,16H,3,10-15H2,1-2H3/b9-6+. The summed E-state index contributed by atoms with van der Waals surface area (Å²) in [7, 11) is 0. The van der Waals surface area contributed by atoms with E-state index >= 15 is 0 Å². The SMILES string of the molecule is CC(C)N1CCN(CCCOC(=O)/C=C/c2ccc(Cl)cc2)CC1. The van der Waals surface area contributed by atoms with Crippen LogP contribution >= 0.6 is 11.6 Å². The van der Waals surface area contributed by atoms with Gasteiger partial charge in [-0.1, -0.05) is 23.7 Å². The zero-order chi connectivity index (χ0) is 17.4. The molecule has 0 unspecified atom stereocenters.